The second-order valence-electron chi connectivity index (χ2n) is 5.32. The predicted octanol–water partition coefficient (Wildman–Crippen LogP) is 4.37. The molecule has 21 heavy (non-hydrogen) atoms. The first-order valence-corrected chi connectivity index (χ1v) is 7.55. The third kappa shape index (κ3) is 3.73. The van der Waals surface area contributed by atoms with E-state index in [9.17, 15) is 14.9 Å². The van der Waals surface area contributed by atoms with Gasteiger partial charge in [-0.2, -0.15) is 0 Å². The number of nitrogens with zero attached hydrogens (tertiary/aromatic N) is 1. The van der Waals surface area contributed by atoms with E-state index in [1.165, 1.54) is 18.2 Å². The quantitative estimate of drug-likeness (QED) is 0.470. The Morgan fingerprint density at radius 1 is 1.43 bits per heavy atom. The summed E-state index contributed by atoms with van der Waals surface area (Å²) in [5.74, 6) is -0.214. The summed E-state index contributed by atoms with van der Waals surface area (Å²) in [6.07, 6.45) is 4.93. The summed E-state index contributed by atoms with van der Waals surface area (Å²) in [7, 11) is 0. The zero-order chi connectivity index (χ0) is 15.4. The fourth-order valence-corrected chi connectivity index (χ4v) is 2.97. The van der Waals surface area contributed by atoms with Crippen LogP contribution >= 0.6 is 11.6 Å². The van der Waals surface area contributed by atoms with Crippen LogP contribution in [0.2, 0.25) is 5.02 Å². The Kier molecular flexibility index (Phi) is 5.17. The van der Waals surface area contributed by atoms with Gasteiger partial charge in [0.15, 0.2) is 0 Å². The molecule has 0 radical (unpaired) electrons. The van der Waals surface area contributed by atoms with E-state index in [0.29, 0.717) is 5.92 Å². The first kappa shape index (κ1) is 15.8. The van der Waals surface area contributed by atoms with Crippen molar-refractivity contribution in [1.82, 2.24) is 0 Å². The molecule has 0 aliphatic heterocycles. The van der Waals surface area contributed by atoms with Gasteiger partial charge in [-0.1, -0.05) is 24.9 Å². The Bertz CT molecular complexity index is 546. The Morgan fingerprint density at radius 2 is 2.14 bits per heavy atom. The molecule has 1 fully saturated rings. The highest BCUT2D eigenvalue weighted by Gasteiger charge is 2.28. The number of hydrogen-bond donors (Lipinski definition) is 0. The molecule has 114 valence electrons. The van der Waals surface area contributed by atoms with Gasteiger partial charge in [0.25, 0.3) is 5.69 Å². The van der Waals surface area contributed by atoms with Crippen LogP contribution in [-0.4, -0.2) is 17.0 Å². The smallest absolute Gasteiger partial charge is 0.340 e. The fraction of sp³-hybridized carbons (Fsp3) is 0.533. The lowest BCUT2D eigenvalue weighted by atomic mass is 9.85. The molecule has 1 aliphatic rings. The minimum atomic E-state index is -0.575. The number of rotatable bonds is 4. The predicted molar refractivity (Wildman–Crippen MR) is 79.6 cm³/mol. The Balaban J connectivity index is 2.16. The molecule has 1 aromatic carbocycles. The van der Waals surface area contributed by atoms with Gasteiger partial charge in [-0.05, 0) is 37.7 Å². The zero-order valence-corrected chi connectivity index (χ0v) is 12.6. The fourth-order valence-electron chi connectivity index (χ4n) is 2.78. The first-order valence-electron chi connectivity index (χ1n) is 7.17. The van der Waals surface area contributed by atoms with E-state index < -0.39 is 10.9 Å². The lowest BCUT2D eigenvalue weighted by Crippen LogP contribution is -2.29. The summed E-state index contributed by atoms with van der Waals surface area (Å²) in [4.78, 5) is 22.5. The van der Waals surface area contributed by atoms with E-state index in [0.717, 1.165) is 32.1 Å². The monoisotopic (exact) mass is 311 g/mol. The van der Waals surface area contributed by atoms with Crippen molar-refractivity contribution in [1.29, 1.82) is 0 Å². The molecule has 0 bridgehead atoms. The Labute approximate surface area is 128 Å². The number of benzene rings is 1. The summed E-state index contributed by atoms with van der Waals surface area (Å²) in [6.45, 7) is 2.08. The standard InChI is InChI=1S/C15H18ClNO4/c1-2-10-5-3-4-6-14(10)21-15(18)12-9-11(17(19)20)7-8-13(12)16/h7-10,14H,2-6H2,1H3. The minimum Gasteiger partial charge on any atom is -0.458 e. The van der Waals surface area contributed by atoms with Gasteiger partial charge in [-0.15, -0.1) is 0 Å². The van der Waals surface area contributed by atoms with Gasteiger partial charge in [0, 0.05) is 12.1 Å². The van der Waals surface area contributed by atoms with Crippen molar-refractivity contribution in [2.24, 2.45) is 5.92 Å². The third-order valence-electron chi connectivity index (χ3n) is 4.00. The average Bonchev–Trinajstić information content (AvgIpc) is 2.47. The van der Waals surface area contributed by atoms with Gasteiger partial charge in [0.1, 0.15) is 6.10 Å². The largest absolute Gasteiger partial charge is 0.458 e. The molecule has 2 rings (SSSR count). The number of nitro benzene ring substituents is 1. The number of carbonyl (C=O) groups is 1. The topological polar surface area (TPSA) is 69.4 Å². The maximum absolute atomic E-state index is 12.2. The van der Waals surface area contributed by atoms with Gasteiger partial charge in [0.2, 0.25) is 0 Å². The van der Waals surface area contributed by atoms with E-state index in [1.54, 1.807) is 0 Å². The van der Waals surface area contributed by atoms with Crippen LogP contribution in [-0.2, 0) is 4.74 Å². The van der Waals surface area contributed by atoms with Crippen LogP contribution in [0.1, 0.15) is 49.4 Å². The summed E-state index contributed by atoms with van der Waals surface area (Å²) in [5, 5.41) is 11.0. The molecule has 2 unspecified atom stereocenters. The SMILES string of the molecule is CCC1CCCCC1OC(=O)c1cc([N+](=O)[O-])ccc1Cl. The number of esters is 1. The van der Waals surface area contributed by atoms with Crippen molar-refractivity contribution in [3.05, 3.63) is 38.9 Å². The third-order valence-corrected chi connectivity index (χ3v) is 4.33. The van der Waals surface area contributed by atoms with E-state index in [1.807, 2.05) is 0 Å². The van der Waals surface area contributed by atoms with Gasteiger partial charge in [0.05, 0.1) is 15.5 Å². The van der Waals surface area contributed by atoms with Crippen molar-refractivity contribution < 1.29 is 14.5 Å². The second-order valence-corrected chi connectivity index (χ2v) is 5.73. The maximum atomic E-state index is 12.2. The molecule has 1 saturated carbocycles. The molecule has 0 aromatic heterocycles. The van der Waals surface area contributed by atoms with E-state index in [-0.39, 0.29) is 22.4 Å². The highest BCUT2D eigenvalue weighted by molar-refractivity contribution is 6.33. The highest BCUT2D eigenvalue weighted by atomic mass is 35.5. The van der Waals surface area contributed by atoms with Crippen molar-refractivity contribution in [2.45, 2.75) is 45.1 Å². The van der Waals surface area contributed by atoms with Crippen LogP contribution < -0.4 is 0 Å². The van der Waals surface area contributed by atoms with E-state index >= 15 is 0 Å². The van der Waals surface area contributed by atoms with Gasteiger partial charge in [-0.25, -0.2) is 4.79 Å². The van der Waals surface area contributed by atoms with Crippen LogP contribution in [0.15, 0.2) is 18.2 Å². The molecule has 6 heteroatoms. The first-order chi connectivity index (χ1) is 10.0. The summed E-state index contributed by atoms with van der Waals surface area (Å²) < 4.78 is 5.55. The molecule has 5 nitrogen and oxygen atoms in total. The number of non-ortho nitro benzene ring substituents is 1. The van der Waals surface area contributed by atoms with Crippen LogP contribution in [0.5, 0.6) is 0 Å². The maximum Gasteiger partial charge on any atom is 0.340 e. The molecule has 1 aliphatic carbocycles. The van der Waals surface area contributed by atoms with E-state index in [2.05, 4.69) is 6.92 Å². The normalized spacial score (nSPS) is 21.8. The number of ether oxygens (including phenoxy) is 1. The number of hydrogen-bond acceptors (Lipinski definition) is 4. The Hall–Kier alpha value is -1.62. The van der Waals surface area contributed by atoms with E-state index in [4.69, 9.17) is 16.3 Å². The molecule has 0 saturated heterocycles. The molecular formula is C15H18ClNO4. The molecule has 0 amide bonds. The molecule has 1 aromatic rings. The Morgan fingerprint density at radius 3 is 2.81 bits per heavy atom. The van der Waals surface area contributed by atoms with Crippen LogP contribution in [0.25, 0.3) is 0 Å². The molecule has 0 heterocycles. The van der Waals surface area contributed by atoms with Gasteiger partial charge >= 0.3 is 5.97 Å². The summed E-state index contributed by atoms with van der Waals surface area (Å²) in [6, 6.07) is 3.80. The van der Waals surface area contributed by atoms with Crippen molar-refractivity contribution in [3.8, 4) is 0 Å². The molecule has 0 spiro atoms. The van der Waals surface area contributed by atoms with Gasteiger partial charge < -0.3 is 4.74 Å². The number of nitro groups is 1. The van der Waals surface area contributed by atoms with Crippen LogP contribution in [0, 0.1) is 16.0 Å². The zero-order valence-electron chi connectivity index (χ0n) is 11.9. The summed E-state index contributed by atoms with van der Waals surface area (Å²) in [5.41, 5.74) is -0.103. The molecule has 2 atom stereocenters. The lowest BCUT2D eigenvalue weighted by Gasteiger charge is -2.30. The summed E-state index contributed by atoms with van der Waals surface area (Å²) >= 11 is 5.96. The minimum absolute atomic E-state index is 0.0614. The number of halogens is 1. The molecular weight excluding hydrogens is 294 g/mol. The lowest BCUT2D eigenvalue weighted by molar-refractivity contribution is -0.384. The van der Waals surface area contributed by atoms with Crippen LogP contribution in [0.4, 0.5) is 5.69 Å². The van der Waals surface area contributed by atoms with Crippen LogP contribution in [0.3, 0.4) is 0 Å². The highest BCUT2D eigenvalue weighted by Crippen LogP contribution is 2.31. The second kappa shape index (κ2) is 6.89. The van der Waals surface area contributed by atoms with Crippen molar-refractivity contribution >= 4 is 23.3 Å². The average molecular weight is 312 g/mol. The molecule has 0 N–H and O–H groups in total. The number of carbonyl (C=O) groups excluding carboxylic acids is 1. The van der Waals surface area contributed by atoms with Gasteiger partial charge in [-0.3, -0.25) is 10.1 Å². The van der Waals surface area contributed by atoms with Crippen molar-refractivity contribution in [2.75, 3.05) is 0 Å². The van der Waals surface area contributed by atoms with Crippen molar-refractivity contribution in [3.63, 3.8) is 0 Å².